The molecule has 3 aromatic rings. The first kappa shape index (κ1) is 21.1. The van der Waals surface area contributed by atoms with E-state index in [4.69, 9.17) is 4.74 Å². The van der Waals surface area contributed by atoms with Crippen LogP contribution in [0.4, 0.5) is 0 Å². The third kappa shape index (κ3) is 4.68. The number of ether oxygens (including phenoxy) is 1. The highest BCUT2D eigenvalue weighted by Gasteiger charge is 2.24. The van der Waals surface area contributed by atoms with E-state index in [9.17, 15) is 4.79 Å². The van der Waals surface area contributed by atoms with E-state index < -0.39 is 0 Å². The topological polar surface area (TPSA) is 48.6 Å². The van der Waals surface area contributed by atoms with Gasteiger partial charge in [0.1, 0.15) is 5.75 Å². The summed E-state index contributed by atoms with van der Waals surface area (Å²) in [4.78, 5) is 20.9. The Kier molecular flexibility index (Phi) is 6.44. The molecular formula is C27H33N3O2. The van der Waals surface area contributed by atoms with Crippen LogP contribution in [-0.2, 0) is 6.54 Å². The van der Waals surface area contributed by atoms with Crippen molar-refractivity contribution in [2.45, 2.75) is 38.6 Å². The molecule has 1 aromatic heterocycles. The van der Waals surface area contributed by atoms with Gasteiger partial charge in [-0.2, -0.15) is 0 Å². The largest absolute Gasteiger partial charge is 0.492 e. The number of piperidine rings is 2. The Morgan fingerprint density at radius 2 is 1.84 bits per heavy atom. The highest BCUT2D eigenvalue weighted by atomic mass is 16.5. The second-order valence-corrected chi connectivity index (χ2v) is 9.26. The first-order chi connectivity index (χ1) is 15.8. The fourth-order valence-electron chi connectivity index (χ4n) is 5.20. The highest BCUT2D eigenvalue weighted by Crippen LogP contribution is 2.26. The molecule has 0 radical (unpaired) electrons. The van der Waals surface area contributed by atoms with Crippen molar-refractivity contribution in [1.82, 2.24) is 14.8 Å². The second-order valence-electron chi connectivity index (χ2n) is 9.26. The lowest BCUT2D eigenvalue weighted by atomic mass is 9.98. The maximum absolute atomic E-state index is 13.0. The molecule has 5 rings (SSSR count). The smallest absolute Gasteiger partial charge is 0.257 e. The van der Waals surface area contributed by atoms with E-state index in [1.807, 2.05) is 35.4 Å². The molecule has 1 atom stereocenters. The number of benzene rings is 2. The maximum Gasteiger partial charge on any atom is 0.257 e. The molecule has 1 amide bonds. The Labute approximate surface area is 190 Å². The molecule has 1 N–H and O–H groups in total. The number of rotatable bonds is 6. The zero-order valence-corrected chi connectivity index (χ0v) is 18.8. The monoisotopic (exact) mass is 431 g/mol. The molecule has 32 heavy (non-hydrogen) atoms. The van der Waals surface area contributed by atoms with Gasteiger partial charge in [0.05, 0.1) is 12.2 Å². The van der Waals surface area contributed by atoms with Crippen molar-refractivity contribution >= 4 is 16.8 Å². The number of aromatic nitrogens is 1. The number of carbonyl (C=O) groups excluding carboxylic acids is 1. The van der Waals surface area contributed by atoms with Crippen LogP contribution in [0.3, 0.4) is 0 Å². The van der Waals surface area contributed by atoms with Gasteiger partial charge in [0.25, 0.3) is 5.91 Å². The van der Waals surface area contributed by atoms with Crippen molar-refractivity contribution < 1.29 is 9.53 Å². The number of fused-ring (bicyclic) bond motifs is 1. The summed E-state index contributed by atoms with van der Waals surface area (Å²) >= 11 is 0. The van der Waals surface area contributed by atoms with Gasteiger partial charge in [0, 0.05) is 49.2 Å². The summed E-state index contributed by atoms with van der Waals surface area (Å²) in [7, 11) is 0. The minimum atomic E-state index is 0.116. The maximum atomic E-state index is 13.0. The molecule has 0 aliphatic carbocycles. The van der Waals surface area contributed by atoms with Crippen LogP contribution in [0.2, 0.25) is 0 Å². The molecule has 2 fully saturated rings. The van der Waals surface area contributed by atoms with Crippen molar-refractivity contribution in [3.8, 4) is 5.75 Å². The standard InChI is InChI=1S/C27H33N3O2/c31-27(30-16-4-1-5-17-30)24-10-2-3-12-26(24)32-20-21-8-7-15-29(18-21)19-22-9-6-11-25-23(22)13-14-28-25/h2-3,6,9-14,21,28H,1,4-5,7-8,15-20H2. The predicted molar refractivity (Wildman–Crippen MR) is 128 cm³/mol. The van der Waals surface area contributed by atoms with E-state index in [1.165, 1.54) is 35.7 Å². The number of carbonyl (C=O) groups is 1. The van der Waals surface area contributed by atoms with Crippen molar-refractivity contribution in [2.24, 2.45) is 5.92 Å². The van der Waals surface area contributed by atoms with Crippen LogP contribution in [0.5, 0.6) is 5.75 Å². The van der Waals surface area contributed by atoms with Gasteiger partial charge in [-0.05, 0) is 68.5 Å². The molecule has 5 nitrogen and oxygen atoms in total. The Morgan fingerprint density at radius 1 is 0.969 bits per heavy atom. The van der Waals surface area contributed by atoms with Gasteiger partial charge in [-0.1, -0.05) is 24.3 Å². The van der Waals surface area contributed by atoms with E-state index in [-0.39, 0.29) is 5.91 Å². The molecule has 2 aliphatic heterocycles. The minimum absolute atomic E-state index is 0.116. The van der Waals surface area contributed by atoms with Crippen LogP contribution < -0.4 is 4.74 Å². The highest BCUT2D eigenvalue weighted by molar-refractivity contribution is 5.97. The van der Waals surface area contributed by atoms with Crippen molar-refractivity contribution in [3.63, 3.8) is 0 Å². The third-order valence-corrected chi connectivity index (χ3v) is 6.92. The fourth-order valence-corrected chi connectivity index (χ4v) is 5.20. The zero-order valence-electron chi connectivity index (χ0n) is 18.8. The van der Waals surface area contributed by atoms with Crippen LogP contribution in [0.15, 0.2) is 54.7 Å². The summed E-state index contributed by atoms with van der Waals surface area (Å²) < 4.78 is 6.27. The van der Waals surface area contributed by atoms with Gasteiger partial charge in [-0.25, -0.2) is 0 Å². The molecule has 0 saturated carbocycles. The van der Waals surface area contributed by atoms with E-state index in [0.717, 1.165) is 51.3 Å². The molecule has 5 heteroatoms. The van der Waals surface area contributed by atoms with Gasteiger partial charge in [0.15, 0.2) is 0 Å². The molecule has 2 aromatic carbocycles. The minimum Gasteiger partial charge on any atom is -0.492 e. The number of likely N-dealkylation sites (tertiary alicyclic amines) is 2. The molecule has 168 valence electrons. The quantitative estimate of drug-likeness (QED) is 0.592. The van der Waals surface area contributed by atoms with E-state index in [0.29, 0.717) is 18.1 Å². The van der Waals surface area contributed by atoms with Gasteiger partial charge >= 0.3 is 0 Å². The first-order valence-electron chi connectivity index (χ1n) is 12.1. The van der Waals surface area contributed by atoms with Crippen LogP contribution in [0, 0.1) is 5.92 Å². The van der Waals surface area contributed by atoms with Crippen LogP contribution >= 0.6 is 0 Å². The zero-order chi connectivity index (χ0) is 21.8. The number of H-pyrrole nitrogens is 1. The number of nitrogens with one attached hydrogen (secondary N) is 1. The van der Waals surface area contributed by atoms with E-state index in [2.05, 4.69) is 34.1 Å². The van der Waals surface area contributed by atoms with Gasteiger partial charge in [-0.3, -0.25) is 9.69 Å². The fraction of sp³-hybridized carbons (Fsp3) is 0.444. The lowest BCUT2D eigenvalue weighted by Crippen LogP contribution is -2.37. The van der Waals surface area contributed by atoms with Gasteiger partial charge in [0.2, 0.25) is 0 Å². The molecule has 3 heterocycles. The average Bonchev–Trinajstić information content (AvgIpc) is 3.33. The average molecular weight is 432 g/mol. The van der Waals surface area contributed by atoms with Gasteiger partial charge < -0.3 is 14.6 Å². The number of amides is 1. The van der Waals surface area contributed by atoms with Crippen molar-refractivity contribution in [2.75, 3.05) is 32.8 Å². The molecule has 1 unspecified atom stereocenters. The van der Waals surface area contributed by atoms with Crippen molar-refractivity contribution in [3.05, 3.63) is 65.9 Å². The molecule has 2 aliphatic rings. The predicted octanol–water partition coefficient (Wildman–Crippen LogP) is 5.09. The summed E-state index contributed by atoms with van der Waals surface area (Å²) in [5.74, 6) is 1.33. The lowest BCUT2D eigenvalue weighted by Gasteiger charge is -2.33. The van der Waals surface area contributed by atoms with Crippen LogP contribution in [0.25, 0.3) is 10.9 Å². The number of nitrogens with zero attached hydrogens (tertiary/aromatic N) is 2. The molecule has 0 bridgehead atoms. The van der Waals surface area contributed by atoms with Gasteiger partial charge in [-0.15, -0.1) is 0 Å². The van der Waals surface area contributed by atoms with Crippen molar-refractivity contribution in [1.29, 1.82) is 0 Å². The lowest BCUT2D eigenvalue weighted by molar-refractivity contribution is 0.0716. The summed E-state index contributed by atoms with van der Waals surface area (Å²) in [5.41, 5.74) is 3.29. The van der Waals surface area contributed by atoms with Crippen LogP contribution in [-0.4, -0.2) is 53.5 Å². The third-order valence-electron chi connectivity index (χ3n) is 6.92. The Morgan fingerprint density at radius 3 is 2.75 bits per heavy atom. The van der Waals surface area contributed by atoms with E-state index in [1.54, 1.807) is 0 Å². The van der Waals surface area contributed by atoms with E-state index >= 15 is 0 Å². The first-order valence-corrected chi connectivity index (χ1v) is 12.1. The SMILES string of the molecule is O=C(c1ccccc1OCC1CCCN(Cc2cccc3[nH]ccc23)C1)N1CCCCC1. The molecular weight excluding hydrogens is 398 g/mol. The number of para-hydroxylation sites is 1. The summed E-state index contributed by atoms with van der Waals surface area (Å²) in [5, 5.41) is 1.32. The molecule has 0 spiro atoms. The summed E-state index contributed by atoms with van der Waals surface area (Å²) in [6.07, 6.45) is 7.80. The normalized spacial score (nSPS) is 19.9. The summed E-state index contributed by atoms with van der Waals surface area (Å²) in [6.45, 7) is 5.51. The number of hydrogen-bond acceptors (Lipinski definition) is 3. The Balaban J connectivity index is 1.21. The number of hydrogen-bond donors (Lipinski definition) is 1. The number of aromatic amines is 1. The van der Waals surface area contributed by atoms with Crippen LogP contribution in [0.1, 0.15) is 48.0 Å². The molecule has 2 saturated heterocycles. The second kappa shape index (κ2) is 9.78. The summed E-state index contributed by atoms with van der Waals surface area (Å²) in [6, 6.07) is 16.4. The Bertz CT molecular complexity index is 1050. The Hall–Kier alpha value is -2.79.